The van der Waals surface area contributed by atoms with Gasteiger partial charge in [-0.25, -0.2) is 4.79 Å². The van der Waals surface area contributed by atoms with E-state index in [2.05, 4.69) is 17.2 Å². The van der Waals surface area contributed by atoms with E-state index in [0.717, 1.165) is 11.3 Å². The van der Waals surface area contributed by atoms with Crippen LogP contribution in [0.3, 0.4) is 0 Å². The van der Waals surface area contributed by atoms with Crippen molar-refractivity contribution in [2.75, 3.05) is 7.05 Å². The minimum atomic E-state index is -0.503. The van der Waals surface area contributed by atoms with Crippen LogP contribution in [0.25, 0.3) is 0 Å². The summed E-state index contributed by atoms with van der Waals surface area (Å²) in [5, 5.41) is 3.24. The zero-order valence-electron chi connectivity index (χ0n) is 14.0. The summed E-state index contributed by atoms with van der Waals surface area (Å²) in [5.74, 6) is 0. The molecule has 1 N–H and O–H groups in total. The van der Waals surface area contributed by atoms with Crippen LogP contribution in [0.5, 0.6) is 0 Å². The minimum Gasteiger partial charge on any atom is -0.444 e. The highest BCUT2D eigenvalue weighted by molar-refractivity contribution is 7.71. The molecule has 0 saturated carbocycles. The van der Waals surface area contributed by atoms with Crippen LogP contribution in [0.1, 0.15) is 32.0 Å². The minimum absolute atomic E-state index is 0.354. The maximum atomic E-state index is 12.0. The standard InChI is InChI=1S/C17H23N3O2S/c1-17(2,3)22-16(21)19(4)12-14-10-15(23)20(18-14)11-13-8-6-5-7-9-13/h5-10,18H,11-12H2,1-4H3. The zero-order chi connectivity index (χ0) is 17.0. The molecule has 2 aromatic rings. The molecule has 1 heterocycles. The number of rotatable bonds is 4. The molecule has 0 unspecified atom stereocenters. The third-order valence-electron chi connectivity index (χ3n) is 3.14. The van der Waals surface area contributed by atoms with Gasteiger partial charge in [0.05, 0.1) is 18.8 Å². The van der Waals surface area contributed by atoms with Gasteiger partial charge in [-0.15, -0.1) is 0 Å². The average Bonchev–Trinajstić information content (AvgIpc) is 2.78. The van der Waals surface area contributed by atoms with Gasteiger partial charge in [0, 0.05) is 7.05 Å². The number of carbonyl (C=O) groups excluding carboxylic acids is 1. The Labute approximate surface area is 141 Å². The van der Waals surface area contributed by atoms with Crippen molar-refractivity contribution in [3.63, 3.8) is 0 Å². The number of aromatic amines is 1. The number of nitrogens with zero attached hydrogens (tertiary/aromatic N) is 2. The van der Waals surface area contributed by atoms with Crippen molar-refractivity contribution in [2.45, 2.75) is 39.5 Å². The molecule has 0 atom stereocenters. The van der Waals surface area contributed by atoms with Gasteiger partial charge in [-0.1, -0.05) is 42.5 Å². The monoisotopic (exact) mass is 333 g/mol. The summed E-state index contributed by atoms with van der Waals surface area (Å²) in [6, 6.07) is 12.0. The maximum absolute atomic E-state index is 12.0. The fraction of sp³-hybridized carbons (Fsp3) is 0.412. The van der Waals surface area contributed by atoms with E-state index >= 15 is 0 Å². The van der Waals surface area contributed by atoms with Crippen molar-refractivity contribution in [1.29, 1.82) is 0 Å². The van der Waals surface area contributed by atoms with Gasteiger partial charge >= 0.3 is 6.09 Å². The van der Waals surface area contributed by atoms with Crippen molar-refractivity contribution >= 4 is 18.3 Å². The van der Waals surface area contributed by atoms with Crippen molar-refractivity contribution in [2.24, 2.45) is 0 Å². The molecule has 0 radical (unpaired) electrons. The first-order valence-electron chi connectivity index (χ1n) is 7.51. The normalized spacial score (nSPS) is 11.3. The fourth-order valence-electron chi connectivity index (χ4n) is 2.11. The number of amides is 1. The zero-order valence-corrected chi connectivity index (χ0v) is 14.8. The second-order valence-corrected chi connectivity index (χ2v) is 6.95. The van der Waals surface area contributed by atoms with Crippen LogP contribution < -0.4 is 0 Å². The van der Waals surface area contributed by atoms with E-state index in [1.54, 1.807) is 7.05 Å². The SMILES string of the molecule is CN(Cc1cc(=S)n(Cc2ccccc2)[nH]1)C(=O)OC(C)(C)C. The molecule has 23 heavy (non-hydrogen) atoms. The topological polar surface area (TPSA) is 50.3 Å². The highest BCUT2D eigenvalue weighted by atomic mass is 32.1. The van der Waals surface area contributed by atoms with E-state index in [1.165, 1.54) is 4.90 Å². The van der Waals surface area contributed by atoms with Gasteiger partial charge in [0.15, 0.2) is 0 Å². The van der Waals surface area contributed by atoms with Gasteiger partial charge in [-0.2, -0.15) is 0 Å². The van der Waals surface area contributed by atoms with Crippen molar-refractivity contribution in [1.82, 2.24) is 14.7 Å². The molecule has 2 rings (SSSR count). The molecule has 1 aromatic carbocycles. The molecule has 0 fully saturated rings. The number of ether oxygens (including phenoxy) is 1. The third-order valence-corrected chi connectivity index (χ3v) is 3.48. The molecule has 0 spiro atoms. The Morgan fingerprint density at radius 2 is 1.96 bits per heavy atom. The van der Waals surface area contributed by atoms with Crippen LogP contribution >= 0.6 is 12.2 Å². The van der Waals surface area contributed by atoms with E-state index in [0.29, 0.717) is 17.7 Å². The fourth-order valence-corrected chi connectivity index (χ4v) is 2.36. The van der Waals surface area contributed by atoms with E-state index in [4.69, 9.17) is 17.0 Å². The Kier molecular flexibility index (Phi) is 5.26. The summed E-state index contributed by atoms with van der Waals surface area (Å²) in [6.45, 7) is 6.64. The van der Waals surface area contributed by atoms with Crippen LogP contribution in [0, 0.1) is 4.64 Å². The third kappa shape index (κ3) is 5.25. The van der Waals surface area contributed by atoms with Crippen LogP contribution in [0.15, 0.2) is 36.4 Å². The number of hydrogen-bond donors (Lipinski definition) is 1. The highest BCUT2D eigenvalue weighted by Crippen LogP contribution is 2.11. The lowest BCUT2D eigenvalue weighted by atomic mass is 10.2. The molecule has 1 amide bonds. The Morgan fingerprint density at radius 1 is 1.30 bits per heavy atom. The number of carbonyl (C=O) groups is 1. The molecule has 5 nitrogen and oxygen atoms in total. The summed E-state index contributed by atoms with van der Waals surface area (Å²) < 4.78 is 7.95. The molecular formula is C17H23N3O2S. The Bertz CT molecular complexity index is 713. The van der Waals surface area contributed by atoms with E-state index in [-0.39, 0.29) is 6.09 Å². The summed E-state index contributed by atoms with van der Waals surface area (Å²) in [7, 11) is 1.71. The van der Waals surface area contributed by atoms with Crippen LogP contribution in [-0.4, -0.2) is 33.4 Å². The van der Waals surface area contributed by atoms with Crippen LogP contribution in [0.2, 0.25) is 0 Å². The quantitative estimate of drug-likeness (QED) is 0.862. The molecule has 0 aliphatic carbocycles. The first kappa shape index (κ1) is 17.3. The van der Waals surface area contributed by atoms with Gasteiger partial charge in [0.25, 0.3) is 0 Å². The molecule has 0 aliphatic heterocycles. The number of benzene rings is 1. The van der Waals surface area contributed by atoms with Gasteiger partial charge < -0.3 is 9.64 Å². The predicted octanol–water partition coefficient (Wildman–Crippen LogP) is 3.96. The largest absolute Gasteiger partial charge is 0.444 e. The van der Waals surface area contributed by atoms with Gasteiger partial charge in [0.2, 0.25) is 0 Å². The molecule has 124 valence electrons. The average molecular weight is 333 g/mol. The van der Waals surface area contributed by atoms with E-state index in [9.17, 15) is 4.79 Å². The Balaban J connectivity index is 2.03. The van der Waals surface area contributed by atoms with Crippen molar-refractivity contribution < 1.29 is 9.53 Å². The second-order valence-electron chi connectivity index (χ2n) is 6.53. The molecular weight excluding hydrogens is 310 g/mol. The van der Waals surface area contributed by atoms with Crippen LogP contribution in [0.4, 0.5) is 4.79 Å². The van der Waals surface area contributed by atoms with E-state index in [1.807, 2.05) is 49.7 Å². The van der Waals surface area contributed by atoms with Gasteiger partial charge in [-0.3, -0.25) is 9.78 Å². The lowest BCUT2D eigenvalue weighted by Crippen LogP contribution is -2.33. The summed E-state index contributed by atoms with van der Waals surface area (Å²) in [5.41, 5.74) is 1.54. The van der Waals surface area contributed by atoms with Crippen LogP contribution in [-0.2, 0) is 17.8 Å². The molecule has 1 aromatic heterocycles. The second kappa shape index (κ2) is 7.00. The molecule has 0 bridgehead atoms. The first-order chi connectivity index (χ1) is 10.7. The predicted molar refractivity (Wildman–Crippen MR) is 92.9 cm³/mol. The number of H-pyrrole nitrogens is 1. The number of hydrogen-bond acceptors (Lipinski definition) is 3. The molecule has 0 aliphatic rings. The van der Waals surface area contributed by atoms with Gasteiger partial charge in [0.1, 0.15) is 10.2 Å². The lowest BCUT2D eigenvalue weighted by Gasteiger charge is -2.24. The summed E-state index contributed by atoms with van der Waals surface area (Å²) in [6.07, 6.45) is -0.354. The molecule has 0 saturated heterocycles. The first-order valence-corrected chi connectivity index (χ1v) is 7.92. The summed E-state index contributed by atoms with van der Waals surface area (Å²) in [4.78, 5) is 13.5. The smallest absolute Gasteiger partial charge is 0.410 e. The Morgan fingerprint density at radius 3 is 2.57 bits per heavy atom. The number of aromatic nitrogens is 2. The maximum Gasteiger partial charge on any atom is 0.410 e. The Hall–Kier alpha value is -2.08. The lowest BCUT2D eigenvalue weighted by molar-refractivity contribution is 0.0283. The van der Waals surface area contributed by atoms with Crippen molar-refractivity contribution in [3.8, 4) is 0 Å². The van der Waals surface area contributed by atoms with E-state index < -0.39 is 5.60 Å². The molecule has 6 heteroatoms. The van der Waals surface area contributed by atoms with Crippen molar-refractivity contribution in [3.05, 3.63) is 52.3 Å². The highest BCUT2D eigenvalue weighted by Gasteiger charge is 2.20. The summed E-state index contributed by atoms with van der Waals surface area (Å²) >= 11 is 5.38. The van der Waals surface area contributed by atoms with Gasteiger partial charge in [-0.05, 0) is 32.4 Å². The number of nitrogens with one attached hydrogen (secondary N) is 1.